The Labute approximate surface area is 104 Å². The van der Waals surface area contributed by atoms with Crippen LogP contribution in [-0.2, 0) is 6.54 Å². The zero-order valence-corrected chi connectivity index (χ0v) is 10.9. The minimum Gasteiger partial charge on any atom is -0.184 e. The third kappa shape index (κ3) is 3.04. The first-order chi connectivity index (χ1) is 7.90. The van der Waals surface area contributed by atoms with Gasteiger partial charge in [-0.05, 0) is 25.0 Å². The van der Waals surface area contributed by atoms with Crippen molar-refractivity contribution in [3.63, 3.8) is 0 Å². The van der Waals surface area contributed by atoms with Crippen molar-refractivity contribution in [1.82, 2.24) is 15.0 Å². The van der Waals surface area contributed by atoms with Gasteiger partial charge in [-0.1, -0.05) is 40.9 Å². The molecular weight excluding hydrogens is 266 g/mol. The number of fused-ring (bicyclic) bond motifs is 1. The first kappa shape index (κ1) is 11.6. The van der Waals surface area contributed by atoms with Gasteiger partial charge in [-0.15, -0.1) is 0 Å². The van der Waals surface area contributed by atoms with Crippen LogP contribution in [0.1, 0.15) is 25.7 Å². The molecule has 2 rings (SSSR count). The van der Waals surface area contributed by atoms with Crippen LogP contribution in [0.25, 0.3) is 11.0 Å². The molecule has 16 heavy (non-hydrogen) atoms. The second-order valence-electron chi connectivity index (χ2n) is 3.89. The summed E-state index contributed by atoms with van der Waals surface area (Å²) >= 11 is 3.44. The minimum absolute atomic E-state index is 0.928. The number of rotatable bonds is 6. The first-order valence-electron chi connectivity index (χ1n) is 5.76. The Morgan fingerprint density at radius 3 is 2.19 bits per heavy atom. The first-order valence-corrected chi connectivity index (χ1v) is 6.88. The lowest BCUT2D eigenvalue weighted by Crippen LogP contribution is -2.01. The number of nitrogens with zero attached hydrogens (tertiary/aromatic N) is 3. The smallest absolute Gasteiger partial charge is 0.113 e. The number of hydrogen-bond acceptors (Lipinski definition) is 2. The fraction of sp³-hybridized carbons (Fsp3) is 0.500. The van der Waals surface area contributed by atoms with Gasteiger partial charge in [0.05, 0.1) is 6.54 Å². The van der Waals surface area contributed by atoms with Crippen LogP contribution in [0.5, 0.6) is 0 Å². The van der Waals surface area contributed by atoms with Crippen LogP contribution >= 0.6 is 15.9 Å². The van der Waals surface area contributed by atoms with Crippen molar-refractivity contribution in [2.24, 2.45) is 0 Å². The SMILES string of the molecule is BrCCCCCCn1nc2ccccc2n1. The Morgan fingerprint density at radius 2 is 1.56 bits per heavy atom. The molecule has 2 aromatic rings. The maximum Gasteiger partial charge on any atom is 0.113 e. The Morgan fingerprint density at radius 1 is 0.938 bits per heavy atom. The number of alkyl halides is 1. The summed E-state index contributed by atoms with van der Waals surface area (Å²) in [4.78, 5) is 1.82. The number of halogens is 1. The second-order valence-corrected chi connectivity index (χ2v) is 4.68. The maximum atomic E-state index is 4.43. The van der Waals surface area contributed by atoms with Gasteiger partial charge in [0.2, 0.25) is 0 Å². The third-order valence-corrected chi connectivity index (χ3v) is 3.13. The summed E-state index contributed by atoms with van der Waals surface area (Å²) < 4.78 is 0. The van der Waals surface area contributed by atoms with E-state index in [1.54, 1.807) is 0 Å². The zero-order valence-electron chi connectivity index (χ0n) is 9.27. The molecule has 1 aromatic heterocycles. The number of unbranched alkanes of at least 4 members (excludes halogenated alkanes) is 3. The highest BCUT2D eigenvalue weighted by Gasteiger charge is 2.00. The molecule has 1 aromatic carbocycles. The molecule has 0 radical (unpaired) electrons. The predicted octanol–water partition coefficient (Wildman–Crippen LogP) is 3.39. The van der Waals surface area contributed by atoms with Gasteiger partial charge in [-0.25, -0.2) is 0 Å². The molecule has 0 unspecified atom stereocenters. The number of benzene rings is 1. The Hall–Kier alpha value is -0.900. The summed E-state index contributed by atoms with van der Waals surface area (Å²) in [6.45, 7) is 0.928. The van der Waals surface area contributed by atoms with Crippen LogP contribution in [-0.4, -0.2) is 20.3 Å². The van der Waals surface area contributed by atoms with Gasteiger partial charge in [0.15, 0.2) is 0 Å². The molecule has 3 nitrogen and oxygen atoms in total. The Balaban J connectivity index is 1.85. The van der Waals surface area contributed by atoms with Crippen molar-refractivity contribution < 1.29 is 0 Å². The molecular formula is C12H16BrN3. The van der Waals surface area contributed by atoms with Crippen molar-refractivity contribution in [3.05, 3.63) is 24.3 Å². The lowest BCUT2D eigenvalue weighted by Gasteiger charge is -1.98. The molecule has 0 aliphatic rings. The molecule has 0 bridgehead atoms. The molecule has 0 fully saturated rings. The quantitative estimate of drug-likeness (QED) is 0.600. The topological polar surface area (TPSA) is 30.7 Å². The summed E-state index contributed by atoms with van der Waals surface area (Å²) in [7, 11) is 0. The van der Waals surface area contributed by atoms with Crippen molar-refractivity contribution in [2.75, 3.05) is 5.33 Å². The van der Waals surface area contributed by atoms with Crippen LogP contribution in [0.4, 0.5) is 0 Å². The van der Waals surface area contributed by atoms with Crippen LogP contribution in [0.3, 0.4) is 0 Å². The lowest BCUT2D eigenvalue weighted by atomic mass is 10.2. The predicted molar refractivity (Wildman–Crippen MR) is 69.8 cm³/mol. The van der Waals surface area contributed by atoms with E-state index in [2.05, 4.69) is 26.1 Å². The Bertz CT molecular complexity index is 406. The summed E-state index contributed by atoms with van der Waals surface area (Å²) in [5, 5.41) is 9.96. The largest absolute Gasteiger partial charge is 0.184 e. The van der Waals surface area contributed by atoms with E-state index in [0.29, 0.717) is 0 Å². The summed E-state index contributed by atoms with van der Waals surface area (Å²) in [5.41, 5.74) is 1.98. The highest BCUT2D eigenvalue weighted by atomic mass is 79.9. The Kier molecular flexibility index (Phi) is 4.34. The molecule has 0 aliphatic carbocycles. The molecule has 0 saturated carbocycles. The van der Waals surface area contributed by atoms with E-state index in [-0.39, 0.29) is 0 Å². The fourth-order valence-electron chi connectivity index (χ4n) is 1.71. The van der Waals surface area contributed by atoms with Gasteiger partial charge in [0.25, 0.3) is 0 Å². The van der Waals surface area contributed by atoms with Gasteiger partial charge in [-0.3, -0.25) is 0 Å². The average molecular weight is 282 g/mol. The van der Waals surface area contributed by atoms with Crippen molar-refractivity contribution in [3.8, 4) is 0 Å². The van der Waals surface area contributed by atoms with Gasteiger partial charge in [-0.2, -0.15) is 15.0 Å². The third-order valence-electron chi connectivity index (χ3n) is 2.57. The molecule has 4 heteroatoms. The average Bonchev–Trinajstić information content (AvgIpc) is 2.71. The summed E-state index contributed by atoms with van der Waals surface area (Å²) in [5.74, 6) is 0. The maximum absolute atomic E-state index is 4.43. The van der Waals surface area contributed by atoms with Crippen LogP contribution in [0.15, 0.2) is 24.3 Å². The summed E-state index contributed by atoms with van der Waals surface area (Å²) in [6, 6.07) is 8.00. The monoisotopic (exact) mass is 281 g/mol. The van der Waals surface area contributed by atoms with Gasteiger partial charge >= 0.3 is 0 Å². The highest BCUT2D eigenvalue weighted by Crippen LogP contribution is 2.08. The molecule has 1 heterocycles. The second kappa shape index (κ2) is 5.99. The number of aromatic nitrogens is 3. The van der Waals surface area contributed by atoms with E-state index in [4.69, 9.17) is 0 Å². The van der Waals surface area contributed by atoms with Crippen LogP contribution < -0.4 is 0 Å². The van der Waals surface area contributed by atoms with Crippen molar-refractivity contribution in [2.45, 2.75) is 32.2 Å². The zero-order chi connectivity index (χ0) is 11.2. The number of aryl methyl sites for hydroxylation is 1. The van der Waals surface area contributed by atoms with Crippen molar-refractivity contribution >= 4 is 27.0 Å². The molecule has 0 saturated heterocycles. The van der Waals surface area contributed by atoms with E-state index in [1.807, 2.05) is 29.1 Å². The minimum atomic E-state index is 0.928. The van der Waals surface area contributed by atoms with E-state index < -0.39 is 0 Å². The molecule has 86 valence electrons. The van der Waals surface area contributed by atoms with E-state index in [9.17, 15) is 0 Å². The lowest BCUT2D eigenvalue weighted by molar-refractivity contribution is 0.496. The molecule has 0 amide bonds. The van der Waals surface area contributed by atoms with E-state index in [0.717, 1.165) is 29.3 Å². The molecule has 0 aliphatic heterocycles. The van der Waals surface area contributed by atoms with E-state index in [1.165, 1.54) is 19.3 Å². The van der Waals surface area contributed by atoms with Gasteiger partial charge in [0, 0.05) is 5.33 Å². The van der Waals surface area contributed by atoms with Gasteiger partial charge < -0.3 is 0 Å². The molecule has 0 N–H and O–H groups in total. The van der Waals surface area contributed by atoms with Crippen molar-refractivity contribution in [1.29, 1.82) is 0 Å². The van der Waals surface area contributed by atoms with Crippen LogP contribution in [0, 0.1) is 0 Å². The fourth-order valence-corrected chi connectivity index (χ4v) is 2.10. The van der Waals surface area contributed by atoms with Crippen LogP contribution in [0.2, 0.25) is 0 Å². The normalized spacial score (nSPS) is 11.1. The van der Waals surface area contributed by atoms with Gasteiger partial charge in [0.1, 0.15) is 11.0 Å². The summed E-state index contributed by atoms with van der Waals surface area (Å²) in [6.07, 6.45) is 4.96. The van der Waals surface area contributed by atoms with E-state index >= 15 is 0 Å². The highest BCUT2D eigenvalue weighted by molar-refractivity contribution is 9.09. The molecule has 0 atom stereocenters. The molecule has 0 spiro atoms. The number of hydrogen-bond donors (Lipinski definition) is 0. The standard InChI is InChI=1S/C12H16BrN3/c13-9-5-1-2-6-10-16-14-11-7-3-4-8-12(11)15-16/h3-4,7-8H,1-2,5-6,9-10H2.